The van der Waals surface area contributed by atoms with E-state index in [-0.39, 0.29) is 18.0 Å². The highest BCUT2D eigenvalue weighted by Gasteiger charge is 2.18. The molecule has 0 bridgehead atoms. The SMILES string of the molecule is CCc1nn(C)cc1C(=O)CC(=O)c1cccc(Br)c1. The van der Waals surface area contributed by atoms with E-state index in [1.807, 2.05) is 13.0 Å². The fourth-order valence-electron chi connectivity index (χ4n) is 2.03. The van der Waals surface area contributed by atoms with Crippen LogP contribution in [-0.4, -0.2) is 21.3 Å². The predicted molar refractivity (Wildman–Crippen MR) is 80.0 cm³/mol. The number of Topliss-reactive ketones (excluding diaryl/α,β-unsaturated/α-hetero) is 2. The molecule has 0 aliphatic carbocycles. The van der Waals surface area contributed by atoms with Crippen LogP contribution in [-0.2, 0) is 13.5 Å². The van der Waals surface area contributed by atoms with Crippen molar-refractivity contribution in [3.05, 3.63) is 51.8 Å². The third-order valence-electron chi connectivity index (χ3n) is 3.01. The number of hydrogen-bond acceptors (Lipinski definition) is 3. The van der Waals surface area contributed by atoms with E-state index in [2.05, 4.69) is 21.0 Å². The van der Waals surface area contributed by atoms with Gasteiger partial charge in [0, 0.05) is 23.3 Å². The van der Waals surface area contributed by atoms with Crippen molar-refractivity contribution < 1.29 is 9.59 Å². The van der Waals surface area contributed by atoms with Crippen molar-refractivity contribution in [2.75, 3.05) is 0 Å². The lowest BCUT2D eigenvalue weighted by Gasteiger charge is -2.01. The average molecular weight is 335 g/mol. The van der Waals surface area contributed by atoms with Crippen LogP contribution < -0.4 is 0 Å². The topological polar surface area (TPSA) is 52.0 Å². The van der Waals surface area contributed by atoms with Crippen LogP contribution in [0.3, 0.4) is 0 Å². The zero-order valence-electron chi connectivity index (χ0n) is 11.4. The fraction of sp³-hybridized carbons (Fsp3) is 0.267. The molecule has 0 N–H and O–H groups in total. The van der Waals surface area contributed by atoms with Crippen molar-refractivity contribution in [2.24, 2.45) is 7.05 Å². The summed E-state index contributed by atoms with van der Waals surface area (Å²) in [6.45, 7) is 1.94. The third kappa shape index (κ3) is 3.22. The summed E-state index contributed by atoms with van der Waals surface area (Å²) < 4.78 is 2.43. The van der Waals surface area contributed by atoms with Crippen molar-refractivity contribution in [1.29, 1.82) is 0 Å². The van der Waals surface area contributed by atoms with Crippen LogP contribution in [0.4, 0.5) is 0 Å². The van der Waals surface area contributed by atoms with Gasteiger partial charge < -0.3 is 0 Å². The smallest absolute Gasteiger partial charge is 0.174 e. The van der Waals surface area contributed by atoms with Gasteiger partial charge in [-0.3, -0.25) is 14.3 Å². The molecular formula is C15H15BrN2O2. The van der Waals surface area contributed by atoms with Crippen molar-refractivity contribution in [3.8, 4) is 0 Å². The minimum absolute atomic E-state index is 0.130. The summed E-state index contributed by atoms with van der Waals surface area (Å²) in [7, 11) is 1.77. The number of hydrogen-bond donors (Lipinski definition) is 0. The second-order valence-corrected chi connectivity index (χ2v) is 5.47. The number of rotatable bonds is 5. The van der Waals surface area contributed by atoms with Gasteiger partial charge in [-0.1, -0.05) is 35.0 Å². The number of nitrogens with zero attached hydrogens (tertiary/aromatic N) is 2. The molecule has 0 atom stereocenters. The van der Waals surface area contributed by atoms with Crippen molar-refractivity contribution in [2.45, 2.75) is 19.8 Å². The third-order valence-corrected chi connectivity index (χ3v) is 3.50. The lowest BCUT2D eigenvalue weighted by molar-refractivity contribution is 0.0894. The molecule has 0 aliphatic rings. The van der Waals surface area contributed by atoms with Gasteiger partial charge in [-0.2, -0.15) is 5.10 Å². The molecule has 0 spiro atoms. The molecule has 5 heteroatoms. The molecule has 104 valence electrons. The largest absolute Gasteiger partial charge is 0.294 e. The van der Waals surface area contributed by atoms with E-state index in [0.29, 0.717) is 17.5 Å². The molecule has 0 amide bonds. The summed E-state index contributed by atoms with van der Waals surface area (Å²) in [5.41, 5.74) is 1.81. The maximum atomic E-state index is 12.2. The summed E-state index contributed by atoms with van der Waals surface area (Å²) in [4.78, 5) is 24.3. The van der Waals surface area contributed by atoms with E-state index in [9.17, 15) is 9.59 Å². The zero-order chi connectivity index (χ0) is 14.7. The van der Waals surface area contributed by atoms with Crippen LogP contribution in [0.15, 0.2) is 34.9 Å². The van der Waals surface area contributed by atoms with E-state index in [1.54, 1.807) is 36.1 Å². The molecule has 0 unspecified atom stereocenters. The minimum atomic E-state index is -0.181. The maximum absolute atomic E-state index is 12.2. The molecule has 0 radical (unpaired) electrons. The molecular weight excluding hydrogens is 320 g/mol. The van der Waals surface area contributed by atoms with Crippen LogP contribution >= 0.6 is 15.9 Å². The Morgan fingerprint density at radius 2 is 2.05 bits per heavy atom. The van der Waals surface area contributed by atoms with E-state index in [0.717, 1.165) is 10.2 Å². The molecule has 0 aliphatic heterocycles. The number of ketones is 2. The lowest BCUT2D eigenvalue weighted by Crippen LogP contribution is -2.09. The number of benzene rings is 1. The van der Waals surface area contributed by atoms with Crippen LogP contribution in [0.5, 0.6) is 0 Å². The van der Waals surface area contributed by atoms with Gasteiger partial charge in [-0.15, -0.1) is 0 Å². The number of halogens is 1. The predicted octanol–water partition coefficient (Wildman–Crippen LogP) is 3.20. The second kappa shape index (κ2) is 6.13. The van der Waals surface area contributed by atoms with Gasteiger partial charge in [0.25, 0.3) is 0 Å². The van der Waals surface area contributed by atoms with E-state index < -0.39 is 0 Å². The van der Waals surface area contributed by atoms with Crippen LogP contribution in [0, 0.1) is 0 Å². The van der Waals surface area contributed by atoms with Gasteiger partial charge in [0.1, 0.15) is 0 Å². The Labute approximate surface area is 125 Å². The van der Waals surface area contributed by atoms with Crippen LogP contribution in [0.2, 0.25) is 0 Å². The van der Waals surface area contributed by atoms with Gasteiger partial charge in [-0.25, -0.2) is 0 Å². The van der Waals surface area contributed by atoms with E-state index in [4.69, 9.17) is 0 Å². The quantitative estimate of drug-likeness (QED) is 0.623. The first-order valence-electron chi connectivity index (χ1n) is 6.35. The number of carbonyl (C=O) groups is 2. The molecule has 4 nitrogen and oxygen atoms in total. The summed E-state index contributed by atoms with van der Waals surface area (Å²) in [6, 6.07) is 7.06. The Hall–Kier alpha value is -1.75. The average Bonchev–Trinajstić information content (AvgIpc) is 2.80. The number of aryl methyl sites for hydroxylation is 2. The Bertz CT molecular complexity index is 662. The highest BCUT2D eigenvalue weighted by Crippen LogP contribution is 2.16. The first kappa shape index (κ1) is 14.7. The number of aromatic nitrogens is 2. The Balaban J connectivity index is 2.17. The van der Waals surface area contributed by atoms with Crippen molar-refractivity contribution in [1.82, 2.24) is 9.78 Å². The summed E-state index contributed by atoms with van der Waals surface area (Å²) in [5.74, 6) is -0.359. The standard InChI is InChI=1S/C15H15BrN2O2/c1-3-13-12(9-18(2)17-13)15(20)8-14(19)10-5-4-6-11(16)7-10/h4-7,9H,3,8H2,1-2H3. The summed E-state index contributed by atoms with van der Waals surface area (Å²) in [5, 5.41) is 4.22. The Morgan fingerprint density at radius 3 is 2.70 bits per heavy atom. The van der Waals surface area contributed by atoms with Crippen LogP contribution in [0.1, 0.15) is 39.8 Å². The molecule has 20 heavy (non-hydrogen) atoms. The van der Waals surface area contributed by atoms with Gasteiger partial charge in [0.05, 0.1) is 17.7 Å². The van der Waals surface area contributed by atoms with E-state index >= 15 is 0 Å². The first-order chi connectivity index (χ1) is 9.51. The van der Waals surface area contributed by atoms with Crippen molar-refractivity contribution in [3.63, 3.8) is 0 Å². The number of carbonyl (C=O) groups excluding carboxylic acids is 2. The molecule has 1 aromatic heterocycles. The molecule has 2 rings (SSSR count). The molecule has 0 fully saturated rings. The van der Waals surface area contributed by atoms with Crippen LogP contribution in [0.25, 0.3) is 0 Å². The molecule has 1 aromatic carbocycles. The Morgan fingerprint density at radius 1 is 1.30 bits per heavy atom. The summed E-state index contributed by atoms with van der Waals surface area (Å²) in [6.07, 6.45) is 2.22. The Kier molecular flexibility index (Phi) is 4.49. The van der Waals surface area contributed by atoms with Gasteiger partial charge in [-0.05, 0) is 18.6 Å². The summed E-state index contributed by atoms with van der Waals surface area (Å²) >= 11 is 3.32. The van der Waals surface area contributed by atoms with Gasteiger partial charge in [0.2, 0.25) is 0 Å². The normalized spacial score (nSPS) is 10.6. The lowest BCUT2D eigenvalue weighted by atomic mass is 10.0. The monoisotopic (exact) mass is 334 g/mol. The van der Waals surface area contributed by atoms with Gasteiger partial charge in [0.15, 0.2) is 11.6 Å². The molecule has 0 saturated carbocycles. The van der Waals surface area contributed by atoms with Gasteiger partial charge >= 0.3 is 0 Å². The highest BCUT2D eigenvalue weighted by atomic mass is 79.9. The minimum Gasteiger partial charge on any atom is -0.294 e. The molecule has 2 aromatic rings. The van der Waals surface area contributed by atoms with Crippen molar-refractivity contribution >= 4 is 27.5 Å². The zero-order valence-corrected chi connectivity index (χ0v) is 13.0. The maximum Gasteiger partial charge on any atom is 0.174 e. The molecule has 1 heterocycles. The molecule has 0 saturated heterocycles. The second-order valence-electron chi connectivity index (χ2n) is 4.55. The van der Waals surface area contributed by atoms with E-state index in [1.165, 1.54) is 0 Å². The first-order valence-corrected chi connectivity index (χ1v) is 7.15. The highest BCUT2D eigenvalue weighted by molar-refractivity contribution is 9.10. The fourth-order valence-corrected chi connectivity index (χ4v) is 2.43.